The number of hydrogen-bond acceptors (Lipinski definition) is 4. The van der Waals surface area contributed by atoms with Crippen molar-refractivity contribution in [3.8, 4) is 0 Å². The van der Waals surface area contributed by atoms with Gasteiger partial charge in [0.2, 0.25) is 0 Å². The lowest BCUT2D eigenvalue weighted by molar-refractivity contribution is 0.296. The highest BCUT2D eigenvalue weighted by Gasteiger charge is 2.35. The van der Waals surface area contributed by atoms with Gasteiger partial charge in [-0.05, 0) is 31.2 Å². The first-order valence-electron chi connectivity index (χ1n) is 10.7. The molecular formula is C23H36IN5O. The molecule has 1 aliphatic carbocycles. The third kappa shape index (κ3) is 6.70. The Morgan fingerprint density at radius 2 is 1.83 bits per heavy atom. The Hall–Kier alpha value is -1.61. The second-order valence-corrected chi connectivity index (χ2v) is 8.42. The second-order valence-electron chi connectivity index (χ2n) is 8.42. The van der Waals surface area contributed by atoms with Gasteiger partial charge in [-0.3, -0.25) is 4.99 Å². The molecule has 0 aliphatic heterocycles. The van der Waals surface area contributed by atoms with E-state index in [1.165, 1.54) is 31.2 Å². The van der Waals surface area contributed by atoms with Crippen LogP contribution in [-0.2, 0) is 6.54 Å². The Bertz CT molecular complexity index is 784. The molecule has 3 N–H and O–H groups in total. The van der Waals surface area contributed by atoms with Gasteiger partial charge in [0, 0.05) is 31.2 Å². The third-order valence-electron chi connectivity index (χ3n) is 5.80. The molecule has 6 nitrogen and oxygen atoms in total. The number of hydrogen-bond donors (Lipinski definition) is 3. The van der Waals surface area contributed by atoms with Crippen molar-refractivity contribution >= 4 is 29.9 Å². The quantitative estimate of drug-likeness (QED) is 0.264. The smallest absolute Gasteiger partial charge is 0.191 e. The Labute approximate surface area is 197 Å². The average Bonchev–Trinajstić information content (AvgIpc) is 3.39. The van der Waals surface area contributed by atoms with Crippen molar-refractivity contribution in [3.63, 3.8) is 0 Å². The fourth-order valence-electron chi connectivity index (χ4n) is 4.04. The van der Waals surface area contributed by atoms with Crippen LogP contribution >= 0.6 is 24.0 Å². The predicted molar refractivity (Wildman–Crippen MR) is 133 cm³/mol. The summed E-state index contributed by atoms with van der Waals surface area (Å²) in [6, 6.07) is 13.0. The van der Waals surface area contributed by atoms with Crippen LogP contribution < -0.4 is 16.0 Å². The third-order valence-corrected chi connectivity index (χ3v) is 5.80. The zero-order valence-corrected chi connectivity index (χ0v) is 20.9. The van der Waals surface area contributed by atoms with Crippen LogP contribution in [0.4, 0.5) is 0 Å². The fraction of sp³-hybridized carbons (Fsp3) is 0.565. The van der Waals surface area contributed by atoms with E-state index in [9.17, 15) is 0 Å². The van der Waals surface area contributed by atoms with Gasteiger partial charge in [-0.1, -0.05) is 62.2 Å². The number of nitrogens with zero attached hydrogens (tertiary/aromatic N) is 2. The normalized spacial score (nSPS) is 16.9. The SMILES string of the molecule is CN=C(NCc1cc(C(C)C)no1)NCC1(NC(C)c2ccccc2)CCCC1.I. The maximum absolute atomic E-state index is 5.41. The van der Waals surface area contributed by atoms with Gasteiger partial charge in [-0.2, -0.15) is 0 Å². The van der Waals surface area contributed by atoms with Crippen molar-refractivity contribution in [2.24, 2.45) is 4.99 Å². The minimum Gasteiger partial charge on any atom is -0.359 e. The number of rotatable bonds is 8. The number of halogens is 1. The number of guanidine groups is 1. The van der Waals surface area contributed by atoms with E-state index in [4.69, 9.17) is 4.52 Å². The Morgan fingerprint density at radius 3 is 2.43 bits per heavy atom. The molecule has 2 aromatic rings. The van der Waals surface area contributed by atoms with Crippen molar-refractivity contribution < 1.29 is 4.52 Å². The summed E-state index contributed by atoms with van der Waals surface area (Å²) in [6.45, 7) is 7.89. The Morgan fingerprint density at radius 1 is 1.13 bits per heavy atom. The maximum Gasteiger partial charge on any atom is 0.191 e. The van der Waals surface area contributed by atoms with Gasteiger partial charge in [0.25, 0.3) is 0 Å². The topological polar surface area (TPSA) is 74.5 Å². The largest absolute Gasteiger partial charge is 0.359 e. The standard InChI is InChI=1S/C23H35N5O.HI/c1-17(2)21-14-20(29-28-21)15-25-22(24-4)26-16-23(12-8-9-13-23)27-18(3)19-10-6-5-7-11-19;/h5-7,10-11,14,17-18,27H,8-9,12-13,15-16H2,1-4H3,(H2,24,25,26);1H. The number of aliphatic imine (C=N–C) groups is 1. The molecule has 3 rings (SSSR count). The van der Waals surface area contributed by atoms with Crippen molar-refractivity contribution in [1.82, 2.24) is 21.1 Å². The summed E-state index contributed by atoms with van der Waals surface area (Å²) in [5.74, 6) is 1.97. The monoisotopic (exact) mass is 525 g/mol. The summed E-state index contributed by atoms with van der Waals surface area (Å²) in [4.78, 5) is 4.38. The molecule has 1 heterocycles. The van der Waals surface area contributed by atoms with Crippen LogP contribution in [0.1, 0.15) is 75.4 Å². The number of aromatic nitrogens is 1. The summed E-state index contributed by atoms with van der Waals surface area (Å²) in [5.41, 5.74) is 2.39. The molecule has 1 aromatic carbocycles. The Kier molecular flexibility index (Phi) is 9.61. The highest BCUT2D eigenvalue weighted by atomic mass is 127. The van der Waals surface area contributed by atoms with E-state index in [1.54, 1.807) is 7.05 Å². The van der Waals surface area contributed by atoms with E-state index in [2.05, 4.69) is 77.2 Å². The molecule has 7 heteroatoms. The molecule has 0 bridgehead atoms. The van der Waals surface area contributed by atoms with Gasteiger partial charge in [-0.25, -0.2) is 0 Å². The molecule has 0 amide bonds. The molecule has 1 aliphatic rings. The first kappa shape index (κ1) is 24.7. The maximum atomic E-state index is 5.41. The lowest BCUT2D eigenvalue weighted by Crippen LogP contribution is -2.54. The second kappa shape index (κ2) is 11.7. The van der Waals surface area contributed by atoms with E-state index in [1.807, 2.05) is 6.07 Å². The van der Waals surface area contributed by atoms with E-state index in [0.717, 1.165) is 24.0 Å². The van der Waals surface area contributed by atoms with Gasteiger partial charge < -0.3 is 20.5 Å². The molecule has 0 radical (unpaired) electrons. The lowest BCUT2D eigenvalue weighted by atomic mass is 9.94. The molecule has 1 saturated carbocycles. The molecule has 30 heavy (non-hydrogen) atoms. The molecule has 166 valence electrons. The van der Waals surface area contributed by atoms with Gasteiger partial charge >= 0.3 is 0 Å². The van der Waals surface area contributed by atoms with Crippen LogP contribution in [0.3, 0.4) is 0 Å². The highest BCUT2D eigenvalue weighted by Crippen LogP contribution is 2.31. The zero-order chi connectivity index (χ0) is 20.7. The lowest BCUT2D eigenvalue weighted by Gasteiger charge is -2.34. The highest BCUT2D eigenvalue weighted by molar-refractivity contribution is 14.0. The van der Waals surface area contributed by atoms with E-state index < -0.39 is 0 Å². The average molecular weight is 525 g/mol. The summed E-state index contributed by atoms with van der Waals surface area (Å²) in [7, 11) is 1.80. The predicted octanol–water partition coefficient (Wildman–Crippen LogP) is 4.74. The molecule has 1 fully saturated rings. The van der Waals surface area contributed by atoms with E-state index in [0.29, 0.717) is 18.5 Å². The van der Waals surface area contributed by atoms with Crippen molar-refractivity contribution in [2.45, 2.75) is 70.5 Å². The molecule has 1 aromatic heterocycles. The van der Waals surface area contributed by atoms with E-state index in [-0.39, 0.29) is 29.5 Å². The fourth-order valence-corrected chi connectivity index (χ4v) is 4.04. The van der Waals surface area contributed by atoms with Crippen LogP contribution in [0.2, 0.25) is 0 Å². The van der Waals surface area contributed by atoms with Crippen LogP contribution in [-0.4, -0.2) is 30.2 Å². The Balaban J connectivity index is 0.00000320. The van der Waals surface area contributed by atoms with Crippen LogP contribution in [0.15, 0.2) is 45.9 Å². The van der Waals surface area contributed by atoms with Gasteiger partial charge in [0.05, 0.1) is 12.2 Å². The summed E-state index contributed by atoms with van der Waals surface area (Å²) in [5, 5.41) is 14.9. The van der Waals surface area contributed by atoms with Crippen molar-refractivity contribution in [2.75, 3.05) is 13.6 Å². The van der Waals surface area contributed by atoms with Crippen molar-refractivity contribution in [1.29, 1.82) is 0 Å². The first-order valence-corrected chi connectivity index (χ1v) is 10.7. The molecular weight excluding hydrogens is 489 g/mol. The van der Waals surface area contributed by atoms with Crippen molar-refractivity contribution in [3.05, 3.63) is 53.4 Å². The minimum atomic E-state index is 0. The summed E-state index contributed by atoms with van der Waals surface area (Å²) >= 11 is 0. The van der Waals surface area contributed by atoms with E-state index >= 15 is 0 Å². The van der Waals surface area contributed by atoms with Gasteiger partial charge in [-0.15, -0.1) is 24.0 Å². The molecule has 1 unspecified atom stereocenters. The number of nitrogens with one attached hydrogen (secondary N) is 3. The van der Waals surface area contributed by atoms with Crippen LogP contribution in [0.25, 0.3) is 0 Å². The molecule has 0 spiro atoms. The van der Waals surface area contributed by atoms with Crippen LogP contribution in [0.5, 0.6) is 0 Å². The van der Waals surface area contributed by atoms with Crippen LogP contribution in [0, 0.1) is 0 Å². The molecule has 1 atom stereocenters. The summed E-state index contributed by atoms with van der Waals surface area (Å²) < 4.78 is 5.41. The minimum absolute atomic E-state index is 0. The first-order chi connectivity index (χ1) is 14.0. The van der Waals surface area contributed by atoms with Gasteiger partial charge in [0.15, 0.2) is 11.7 Å². The van der Waals surface area contributed by atoms with Gasteiger partial charge in [0.1, 0.15) is 0 Å². The zero-order valence-electron chi connectivity index (χ0n) is 18.6. The summed E-state index contributed by atoms with van der Waals surface area (Å²) in [6.07, 6.45) is 4.87. The number of benzene rings is 1. The molecule has 0 saturated heterocycles.